The van der Waals surface area contributed by atoms with E-state index in [0.29, 0.717) is 27.7 Å². The van der Waals surface area contributed by atoms with Gasteiger partial charge >= 0.3 is 11.7 Å². The Balaban J connectivity index is 0.000000220. The molecule has 1 saturated carbocycles. The molecule has 13 nitrogen and oxygen atoms in total. The zero-order valence-electron chi connectivity index (χ0n) is 28.4. The van der Waals surface area contributed by atoms with Gasteiger partial charge in [0.25, 0.3) is 5.56 Å². The molecule has 50 heavy (non-hydrogen) atoms. The maximum atomic E-state index is 12.9. The summed E-state index contributed by atoms with van der Waals surface area (Å²) in [4.78, 5) is 57.0. The smallest absolute Gasteiger partial charge is 0.351 e. The molecule has 0 amide bonds. The molecule has 0 N–H and O–H groups in total. The number of carbonyl (C=O) groups is 2. The molecular formula is C35H38N5NiO8S-. The number of pyridine rings is 1. The first-order chi connectivity index (χ1) is 23.3. The SMILES string of the molecule is CCN(CC)c1ccc(N=C2C=CC(=O)c3ncccc32)c(C)c1.Cn1c([O-])c(/C=C2\C(=O)OC3(CCCCC3)S2(=O)=O)c(=O)n(C)c1=O.[Ni]. The molecular weight excluding hydrogens is 709 g/mol. The van der Waals surface area contributed by atoms with Crippen LogP contribution in [0.15, 0.2) is 68.2 Å². The Hall–Kier alpha value is -4.62. The third kappa shape index (κ3) is 6.89. The molecule has 1 saturated heterocycles. The van der Waals surface area contributed by atoms with Crippen LogP contribution >= 0.6 is 0 Å². The minimum atomic E-state index is -4.15. The van der Waals surface area contributed by atoms with Gasteiger partial charge in [-0.3, -0.25) is 19.1 Å². The van der Waals surface area contributed by atoms with Crippen LogP contribution in [0, 0.1) is 6.92 Å². The minimum absolute atomic E-state index is 0. The summed E-state index contributed by atoms with van der Waals surface area (Å²) in [5.74, 6) is -2.11. The quantitative estimate of drug-likeness (QED) is 0.214. The van der Waals surface area contributed by atoms with Crippen molar-refractivity contribution >= 4 is 44.8 Å². The van der Waals surface area contributed by atoms with E-state index in [0.717, 1.165) is 62.2 Å². The van der Waals surface area contributed by atoms with Crippen LogP contribution in [0.5, 0.6) is 5.88 Å². The first-order valence-electron chi connectivity index (χ1n) is 16.0. The molecule has 3 heterocycles. The number of ether oxygens (including phenoxy) is 1. The third-order valence-corrected chi connectivity index (χ3v) is 11.4. The van der Waals surface area contributed by atoms with Gasteiger partial charge in [-0.05, 0) is 93.6 Å². The molecule has 2 aliphatic carbocycles. The molecule has 268 valence electrons. The Kier molecular flexibility index (Phi) is 11.5. The zero-order chi connectivity index (χ0) is 35.7. The van der Waals surface area contributed by atoms with Gasteiger partial charge in [-0.25, -0.2) is 23.0 Å². The summed E-state index contributed by atoms with van der Waals surface area (Å²) in [6.45, 7) is 8.33. The van der Waals surface area contributed by atoms with E-state index in [9.17, 15) is 32.7 Å². The summed E-state index contributed by atoms with van der Waals surface area (Å²) in [7, 11) is -1.83. The number of benzene rings is 1. The van der Waals surface area contributed by atoms with Crippen LogP contribution in [-0.2, 0) is 50.0 Å². The summed E-state index contributed by atoms with van der Waals surface area (Å²) in [5.41, 5.74) is 2.90. The topological polar surface area (TPSA) is 173 Å². The first kappa shape index (κ1) is 38.2. The van der Waals surface area contributed by atoms with E-state index in [2.05, 4.69) is 42.8 Å². The number of esters is 1. The van der Waals surface area contributed by atoms with E-state index < -0.39 is 48.3 Å². The van der Waals surface area contributed by atoms with Crippen molar-refractivity contribution in [3.05, 3.63) is 96.8 Å². The predicted octanol–water partition coefficient (Wildman–Crippen LogP) is 3.24. The van der Waals surface area contributed by atoms with Crippen molar-refractivity contribution in [3.8, 4) is 5.88 Å². The summed E-state index contributed by atoms with van der Waals surface area (Å²) < 4.78 is 32.2. The molecule has 3 aliphatic rings. The fraction of sp³-hybridized carbons (Fsp3) is 0.371. The maximum Gasteiger partial charge on any atom is 0.351 e. The minimum Gasteiger partial charge on any atom is -0.859 e. The van der Waals surface area contributed by atoms with Crippen LogP contribution in [0.1, 0.15) is 73.1 Å². The number of rotatable bonds is 5. The molecule has 0 bridgehead atoms. The Labute approximate surface area is 299 Å². The molecule has 0 atom stereocenters. The number of hydrogen-bond acceptors (Lipinski definition) is 11. The van der Waals surface area contributed by atoms with E-state index in [1.54, 1.807) is 12.3 Å². The molecule has 1 spiro atoms. The molecule has 0 unspecified atom stereocenters. The number of anilines is 1. The van der Waals surface area contributed by atoms with Crippen molar-refractivity contribution in [3.63, 3.8) is 0 Å². The summed E-state index contributed by atoms with van der Waals surface area (Å²) in [6, 6.07) is 10.0. The molecule has 6 rings (SSSR count). The number of allylic oxidation sites excluding steroid dienone is 2. The number of fused-ring (bicyclic) bond motifs is 1. The second-order valence-electron chi connectivity index (χ2n) is 12.0. The molecule has 1 aliphatic heterocycles. The van der Waals surface area contributed by atoms with Crippen LogP contribution in [0.4, 0.5) is 11.4 Å². The van der Waals surface area contributed by atoms with Crippen molar-refractivity contribution in [1.29, 1.82) is 0 Å². The van der Waals surface area contributed by atoms with E-state index in [4.69, 9.17) is 9.73 Å². The summed E-state index contributed by atoms with van der Waals surface area (Å²) in [5, 5.41) is 12.2. The van der Waals surface area contributed by atoms with Crippen molar-refractivity contribution in [2.45, 2.75) is 57.8 Å². The first-order valence-corrected chi connectivity index (χ1v) is 17.5. The molecule has 2 fully saturated rings. The average Bonchev–Trinajstić information content (AvgIpc) is 3.27. The van der Waals surface area contributed by atoms with Crippen molar-refractivity contribution in [1.82, 2.24) is 14.1 Å². The van der Waals surface area contributed by atoms with E-state index in [1.807, 2.05) is 18.2 Å². The van der Waals surface area contributed by atoms with Gasteiger partial charge < -0.3 is 19.3 Å². The number of carbonyl (C=O) groups excluding carboxylic acids is 2. The number of nitrogens with zero attached hydrogens (tertiary/aromatic N) is 5. The van der Waals surface area contributed by atoms with Crippen LogP contribution in [0.3, 0.4) is 0 Å². The fourth-order valence-corrected chi connectivity index (χ4v) is 8.14. The van der Waals surface area contributed by atoms with Crippen molar-refractivity contribution in [2.24, 2.45) is 19.1 Å². The number of hydrogen-bond donors (Lipinski definition) is 0. The Bertz CT molecular complexity index is 2160. The van der Waals surface area contributed by atoms with E-state index in [1.165, 1.54) is 11.8 Å². The van der Waals surface area contributed by atoms with Crippen LogP contribution < -0.4 is 21.3 Å². The van der Waals surface area contributed by atoms with Crippen molar-refractivity contribution in [2.75, 3.05) is 18.0 Å². The Morgan fingerprint density at radius 1 is 1.02 bits per heavy atom. The monoisotopic (exact) mass is 746 g/mol. The molecule has 0 radical (unpaired) electrons. The van der Waals surface area contributed by atoms with Gasteiger partial charge in [-0.2, -0.15) is 0 Å². The average molecular weight is 747 g/mol. The van der Waals surface area contributed by atoms with Crippen LogP contribution in [-0.4, -0.2) is 58.0 Å². The van der Waals surface area contributed by atoms with Gasteiger partial charge in [-0.1, -0.05) is 6.42 Å². The molecule has 3 aromatic rings. The second kappa shape index (κ2) is 15.1. The number of ketones is 1. The largest absolute Gasteiger partial charge is 0.859 e. The van der Waals surface area contributed by atoms with Crippen molar-refractivity contribution < 1.29 is 44.3 Å². The Morgan fingerprint density at radius 3 is 2.34 bits per heavy atom. The predicted molar refractivity (Wildman–Crippen MR) is 184 cm³/mol. The van der Waals surface area contributed by atoms with E-state index in [-0.39, 0.29) is 35.1 Å². The summed E-state index contributed by atoms with van der Waals surface area (Å²) in [6.07, 6.45) is 8.12. The van der Waals surface area contributed by atoms with Crippen LogP contribution in [0.25, 0.3) is 6.08 Å². The van der Waals surface area contributed by atoms with Gasteiger partial charge in [0, 0.05) is 74.0 Å². The number of aryl methyl sites for hydroxylation is 1. The zero-order valence-corrected chi connectivity index (χ0v) is 30.2. The van der Waals surface area contributed by atoms with Crippen LogP contribution in [0.2, 0.25) is 0 Å². The molecule has 2 aromatic heterocycles. The Morgan fingerprint density at radius 2 is 1.70 bits per heavy atom. The molecule has 15 heteroatoms. The van der Waals surface area contributed by atoms with Gasteiger partial charge in [-0.15, -0.1) is 0 Å². The standard InChI is InChI=1S/C20H21N3O.C15H18N2O7S.Ni/c1-4-23(5-2)15-8-9-17(14(3)13-15)22-18-10-11-19(24)20-16(18)7-6-12-21-20;1-16-11(18)9(12(19)17(2)14(16)21)8-10-13(20)24-15(25(10,22)23)6-4-3-5-7-15;/h6-13H,4-5H2,1-3H3;8,18H,3-7H2,1-2H3;/p-1/b;10-8+;. The second-order valence-corrected chi connectivity index (χ2v) is 14.2. The van der Waals surface area contributed by atoms with Gasteiger partial charge in [0.1, 0.15) is 5.69 Å². The van der Waals surface area contributed by atoms with Gasteiger partial charge in [0.2, 0.25) is 20.6 Å². The normalized spacial score (nSPS) is 18.7. The number of sulfone groups is 1. The van der Waals surface area contributed by atoms with Gasteiger partial charge in [0.15, 0.2) is 4.91 Å². The number of aliphatic imine (C=N–C) groups is 1. The number of aromatic nitrogens is 3. The third-order valence-electron chi connectivity index (χ3n) is 9.05. The maximum absolute atomic E-state index is 12.9. The van der Waals surface area contributed by atoms with Gasteiger partial charge in [0.05, 0.1) is 17.0 Å². The summed E-state index contributed by atoms with van der Waals surface area (Å²) >= 11 is 0. The molecule has 1 aromatic carbocycles. The van der Waals surface area contributed by atoms with E-state index >= 15 is 0 Å². The fourth-order valence-electron chi connectivity index (χ4n) is 6.20.